The molecule has 5 N–H and O–H groups in total. The molecule has 0 aliphatic rings. The summed E-state index contributed by atoms with van der Waals surface area (Å²) < 4.78 is 54.5. The highest BCUT2D eigenvalue weighted by atomic mass is 16.6. The Kier molecular flexibility index (Phi) is 33.1. The number of nitrogens with one attached hydrogen (secondary N) is 4. The zero-order chi connectivity index (χ0) is 54.0. The Morgan fingerprint density at radius 2 is 1.04 bits per heavy atom. The van der Waals surface area contributed by atoms with E-state index >= 15 is 0 Å². The first-order valence-corrected chi connectivity index (χ1v) is 25.7. The fraction of sp³-hybridized carbons (Fsp3) is 0.509. The van der Waals surface area contributed by atoms with Crippen molar-refractivity contribution in [1.29, 1.82) is 0 Å². The Morgan fingerprint density at radius 1 is 0.566 bits per heavy atom. The number of ether oxygens (including phenoxy) is 10. The summed E-state index contributed by atoms with van der Waals surface area (Å²) in [6, 6.07) is 34.4. The van der Waals surface area contributed by atoms with E-state index in [1.807, 2.05) is 48.5 Å². The van der Waals surface area contributed by atoms with E-state index in [4.69, 9.17) is 52.9 Å². The predicted octanol–water partition coefficient (Wildman–Crippen LogP) is 4.94. The van der Waals surface area contributed by atoms with Crippen LogP contribution < -0.4 is 26.0 Å². The number of hydrogen-bond acceptors (Lipinski definition) is 16. The van der Waals surface area contributed by atoms with Crippen LogP contribution in [0.3, 0.4) is 0 Å². The van der Waals surface area contributed by atoms with E-state index in [1.165, 1.54) is 0 Å². The Morgan fingerprint density at radius 3 is 1.53 bits per heavy atom. The largest absolute Gasteiger partial charge is 0.497 e. The first kappa shape index (κ1) is 62.5. The van der Waals surface area contributed by atoms with Crippen LogP contribution in [0.5, 0.6) is 5.75 Å². The fourth-order valence-electron chi connectivity index (χ4n) is 7.54. The van der Waals surface area contributed by atoms with Gasteiger partial charge in [0.15, 0.2) is 0 Å². The van der Waals surface area contributed by atoms with E-state index in [-0.39, 0.29) is 26.4 Å². The summed E-state index contributed by atoms with van der Waals surface area (Å²) in [5.41, 5.74) is 11.9. The average molecular weight is 1060 g/mol. The van der Waals surface area contributed by atoms with Gasteiger partial charge in [0.1, 0.15) is 25.0 Å². The summed E-state index contributed by atoms with van der Waals surface area (Å²) in [6.07, 6.45) is 1.58. The summed E-state index contributed by atoms with van der Waals surface area (Å²) in [4.78, 5) is 41.9. The van der Waals surface area contributed by atoms with Crippen LogP contribution in [0.4, 0.5) is 5.69 Å². The molecule has 1 atom stereocenters. The van der Waals surface area contributed by atoms with Crippen molar-refractivity contribution in [2.45, 2.75) is 37.5 Å². The second-order valence-corrected chi connectivity index (χ2v) is 16.8. The SMILES string of the molecule is COc1ccc(C(NCCCC[C@H](NC(=O)COCC(=O)NCCOCCOCCOCCOCCOCCOCCOCCOCCN=[N+]=[N-])C(=O)Nc2ccc(CO)cc2)(c2ccccc2)c2ccccc2)cc1. The van der Waals surface area contributed by atoms with Crippen molar-refractivity contribution >= 4 is 23.4 Å². The second kappa shape index (κ2) is 40.2. The lowest BCUT2D eigenvalue weighted by atomic mass is 9.77. The molecule has 0 heterocycles. The molecule has 0 aromatic heterocycles. The Bertz CT molecular complexity index is 2150. The van der Waals surface area contributed by atoms with Crippen LogP contribution in [-0.4, -0.2) is 175 Å². The van der Waals surface area contributed by atoms with Gasteiger partial charge in [-0.1, -0.05) is 90.0 Å². The summed E-state index contributed by atoms with van der Waals surface area (Å²) in [5, 5.41) is 25.1. The molecule has 76 heavy (non-hydrogen) atoms. The van der Waals surface area contributed by atoms with Crippen LogP contribution >= 0.6 is 0 Å². The molecule has 4 aromatic carbocycles. The van der Waals surface area contributed by atoms with Gasteiger partial charge >= 0.3 is 0 Å². The first-order chi connectivity index (χ1) is 37.4. The van der Waals surface area contributed by atoms with Gasteiger partial charge in [-0.25, -0.2) is 0 Å². The second-order valence-electron chi connectivity index (χ2n) is 16.8. The van der Waals surface area contributed by atoms with E-state index in [9.17, 15) is 19.5 Å². The molecule has 4 aromatic rings. The molecule has 0 radical (unpaired) electrons. The summed E-state index contributed by atoms with van der Waals surface area (Å²) >= 11 is 0. The normalized spacial score (nSPS) is 11.7. The first-order valence-electron chi connectivity index (χ1n) is 25.7. The standard InChI is InChI=1S/C55H77N7O14/c1-67-50-21-17-48(18-22-50)55(46-10-4-2-5-11-46,47-12-6-3-7-13-47)58-23-9-8-14-51(54(66)60-49-19-15-45(42-63)16-20-49)61-53(65)44-76-43-52(64)57-24-26-68-28-30-70-32-34-72-36-38-74-40-41-75-39-37-73-35-33-71-31-29-69-27-25-59-62-56/h2-7,10-13,15-22,51,58,63H,8-9,14,23-44H2,1H3,(H,57,64)(H,60,66)(H,61,65)/t51-/m0/s1. The van der Waals surface area contributed by atoms with Crippen molar-refractivity contribution in [3.63, 3.8) is 0 Å². The lowest BCUT2D eigenvalue weighted by Crippen LogP contribution is -2.46. The number of azide groups is 1. The zero-order valence-corrected chi connectivity index (χ0v) is 43.7. The van der Waals surface area contributed by atoms with Crippen molar-refractivity contribution in [3.05, 3.63) is 142 Å². The number of aliphatic hydroxyl groups is 1. The van der Waals surface area contributed by atoms with Gasteiger partial charge in [0.25, 0.3) is 0 Å². The number of benzene rings is 4. The van der Waals surface area contributed by atoms with Gasteiger partial charge in [-0.2, -0.15) is 0 Å². The van der Waals surface area contributed by atoms with Gasteiger partial charge in [-0.05, 0) is 77.9 Å². The maximum Gasteiger partial charge on any atom is 0.246 e. The molecule has 21 nitrogen and oxygen atoms in total. The molecular weight excluding hydrogens is 983 g/mol. The Labute approximate surface area is 446 Å². The highest BCUT2D eigenvalue weighted by molar-refractivity contribution is 5.97. The quantitative estimate of drug-likeness (QED) is 0.0129. The van der Waals surface area contributed by atoms with Crippen molar-refractivity contribution in [3.8, 4) is 5.75 Å². The number of amides is 3. The van der Waals surface area contributed by atoms with Crippen molar-refractivity contribution in [2.75, 3.05) is 151 Å². The smallest absolute Gasteiger partial charge is 0.246 e. The maximum absolute atomic E-state index is 13.7. The van der Waals surface area contributed by atoms with E-state index in [0.29, 0.717) is 143 Å². The third-order valence-electron chi connectivity index (χ3n) is 11.3. The van der Waals surface area contributed by atoms with E-state index in [0.717, 1.165) is 22.4 Å². The summed E-state index contributed by atoms with van der Waals surface area (Å²) in [5.74, 6) is -0.623. The van der Waals surface area contributed by atoms with E-state index in [1.54, 1.807) is 31.4 Å². The molecule has 0 saturated heterocycles. The van der Waals surface area contributed by atoms with Crippen molar-refractivity contribution < 1.29 is 66.9 Å². The monoisotopic (exact) mass is 1060 g/mol. The molecule has 416 valence electrons. The molecule has 0 spiro atoms. The fourth-order valence-corrected chi connectivity index (χ4v) is 7.54. The van der Waals surface area contributed by atoms with Gasteiger partial charge in [-0.3, -0.25) is 19.7 Å². The minimum atomic E-state index is -0.902. The number of nitrogens with zero attached hydrogens (tertiary/aromatic N) is 3. The van der Waals surface area contributed by atoms with Gasteiger partial charge < -0.3 is 68.4 Å². The van der Waals surface area contributed by atoms with Crippen LogP contribution in [0.25, 0.3) is 10.4 Å². The van der Waals surface area contributed by atoms with Gasteiger partial charge in [-0.15, -0.1) is 0 Å². The molecule has 0 aliphatic carbocycles. The van der Waals surface area contributed by atoms with Crippen LogP contribution in [-0.2, 0) is 69.2 Å². The molecule has 0 saturated carbocycles. The molecule has 21 heteroatoms. The van der Waals surface area contributed by atoms with Gasteiger partial charge in [0.05, 0.1) is 125 Å². The third kappa shape index (κ3) is 25.7. The number of unbranched alkanes of at least 4 members (excludes halogenated alkanes) is 1. The lowest BCUT2D eigenvalue weighted by Gasteiger charge is -2.37. The zero-order valence-electron chi connectivity index (χ0n) is 43.7. The number of anilines is 1. The number of rotatable bonds is 45. The van der Waals surface area contributed by atoms with Crippen LogP contribution in [0.1, 0.15) is 41.5 Å². The third-order valence-corrected chi connectivity index (χ3v) is 11.3. The predicted molar refractivity (Wildman–Crippen MR) is 285 cm³/mol. The van der Waals surface area contributed by atoms with Crippen LogP contribution in [0.2, 0.25) is 0 Å². The minimum Gasteiger partial charge on any atom is -0.497 e. The van der Waals surface area contributed by atoms with Crippen molar-refractivity contribution in [2.24, 2.45) is 5.11 Å². The topological polar surface area (TPSA) is 261 Å². The summed E-state index contributed by atoms with van der Waals surface area (Å²) in [7, 11) is 1.64. The average Bonchev–Trinajstić information content (AvgIpc) is 3.45. The van der Waals surface area contributed by atoms with Crippen LogP contribution in [0.15, 0.2) is 114 Å². The highest BCUT2D eigenvalue weighted by Gasteiger charge is 2.36. The van der Waals surface area contributed by atoms with Gasteiger partial charge in [0.2, 0.25) is 17.7 Å². The summed E-state index contributed by atoms with van der Waals surface area (Å²) in [6.45, 7) is 6.76. The highest BCUT2D eigenvalue weighted by Crippen LogP contribution is 2.37. The molecule has 4 rings (SSSR count). The van der Waals surface area contributed by atoms with Crippen molar-refractivity contribution in [1.82, 2.24) is 16.0 Å². The Balaban J connectivity index is 1.06. The molecule has 0 bridgehead atoms. The molecule has 0 fully saturated rings. The van der Waals surface area contributed by atoms with E-state index < -0.39 is 35.9 Å². The maximum atomic E-state index is 13.7. The molecule has 3 amide bonds. The minimum absolute atomic E-state index is 0.132. The number of carbonyl (C=O) groups excluding carboxylic acids is 3. The molecule has 0 unspecified atom stereocenters. The number of hydrogen-bond donors (Lipinski definition) is 5. The Hall–Kier alpha value is -6.04. The number of methoxy groups -OCH3 is 1. The van der Waals surface area contributed by atoms with Crippen LogP contribution in [0, 0.1) is 0 Å². The molecular formula is C55H77N7O14. The molecule has 0 aliphatic heterocycles. The van der Waals surface area contributed by atoms with E-state index in [2.05, 4.69) is 67.7 Å². The van der Waals surface area contributed by atoms with Gasteiger partial charge in [0, 0.05) is 23.7 Å². The number of carbonyl (C=O) groups is 3. The lowest BCUT2D eigenvalue weighted by molar-refractivity contribution is -0.133. The number of aliphatic hydroxyl groups excluding tert-OH is 1.